The van der Waals surface area contributed by atoms with Crippen LogP contribution in [0.1, 0.15) is 37.0 Å². The number of halogens is 2. The van der Waals surface area contributed by atoms with E-state index < -0.39 is 17.5 Å². The number of aromatic nitrogens is 3. The quantitative estimate of drug-likeness (QED) is 0.386. The molecule has 0 saturated carbocycles. The molecule has 2 atom stereocenters. The lowest BCUT2D eigenvalue weighted by molar-refractivity contribution is 0.100. The standard InChI is InChI=1S/C22H30F2N8O/c1-6-16(25)17(7-2)28-21-15(24)10-13(19(26)33)20(29-21)27-11-8-12-18(14(23)9-11)32(5)30-22(12)31(3)4/h8-10,16-17H,6-7,25H2,1-5H3,(H2,26,33)(H2,27,28,29)/t16-,17+/m0/s1. The number of amides is 1. The molecule has 33 heavy (non-hydrogen) atoms. The molecule has 1 amide bonds. The zero-order chi connectivity index (χ0) is 24.4. The van der Waals surface area contributed by atoms with Crippen molar-refractivity contribution >= 4 is 40.0 Å². The van der Waals surface area contributed by atoms with Crippen LogP contribution in [0.15, 0.2) is 18.2 Å². The van der Waals surface area contributed by atoms with Crippen LogP contribution in [-0.2, 0) is 7.05 Å². The van der Waals surface area contributed by atoms with Crippen LogP contribution in [0.4, 0.5) is 31.9 Å². The Bertz CT molecular complexity index is 1180. The second-order valence-electron chi connectivity index (χ2n) is 8.13. The third-order valence-electron chi connectivity index (χ3n) is 5.55. The van der Waals surface area contributed by atoms with E-state index in [-0.39, 0.29) is 29.3 Å². The summed E-state index contributed by atoms with van der Waals surface area (Å²) in [5.74, 6) is -1.63. The Morgan fingerprint density at radius 1 is 1.15 bits per heavy atom. The second-order valence-corrected chi connectivity index (χ2v) is 8.13. The minimum atomic E-state index is -0.871. The summed E-state index contributed by atoms with van der Waals surface area (Å²) in [6.45, 7) is 3.86. The zero-order valence-corrected chi connectivity index (χ0v) is 19.4. The fraction of sp³-hybridized carbons (Fsp3) is 0.409. The molecule has 6 N–H and O–H groups in total. The van der Waals surface area contributed by atoms with E-state index in [1.807, 2.05) is 13.8 Å². The fourth-order valence-corrected chi connectivity index (χ4v) is 3.73. The molecule has 0 saturated heterocycles. The first-order valence-corrected chi connectivity index (χ1v) is 10.7. The van der Waals surface area contributed by atoms with Gasteiger partial charge in [0.25, 0.3) is 5.91 Å². The summed E-state index contributed by atoms with van der Waals surface area (Å²) in [5.41, 5.74) is 12.0. The summed E-state index contributed by atoms with van der Waals surface area (Å²) in [6, 6.07) is 3.51. The Labute approximate surface area is 191 Å². The maximum atomic E-state index is 14.9. The SMILES string of the molecule is CC[C@H](N)[C@@H](CC)Nc1nc(Nc2cc(F)c3c(c2)c(N(C)C)nn3C)c(C(N)=O)cc1F. The number of carbonyl (C=O) groups excluding carboxylic acids is 1. The molecule has 178 valence electrons. The van der Waals surface area contributed by atoms with Gasteiger partial charge in [-0.15, -0.1) is 0 Å². The molecule has 1 aromatic carbocycles. The van der Waals surface area contributed by atoms with Gasteiger partial charge < -0.3 is 27.0 Å². The van der Waals surface area contributed by atoms with Crippen LogP contribution in [0, 0.1) is 11.6 Å². The molecule has 0 spiro atoms. The molecule has 3 aromatic rings. The van der Waals surface area contributed by atoms with Gasteiger partial charge in [0.05, 0.1) is 5.56 Å². The van der Waals surface area contributed by atoms with Gasteiger partial charge in [-0.3, -0.25) is 9.48 Å². The van der Waals surface area contributed by atoms with Crippen molar-refractivity contribution in [3.05, 3.63) is 35.4 Å². The number of nitrogens with two attached hydrogens (primary N) is 2. The number of rotatable bonds is 9. The summed E-state index contributed by atoms with van der Waals surface area (Å²) >= 11 is 0. The lowest BCUT2D eigenvalue weighted by atomic mass is 10.0. The van der Waals surface area contributed by atoms with Gasteiger partial charge >= 0.3 is 0 Å². The van der Waals surface area contributed by atoms with Crippen molar-refractivity contribution in [1.29, 1.82) is 0 Å². The van der Waals surface area contributed by atoms with Crippen LogP contribution < -0.4 is 27.0 Å². The number of nitrogens with zero attached hydrogens (tertiary/aromatic N) is 4. The lowest BCUT2D eigenvalue weighted by Gasteiger charge is -2.24. The number of aryl methyl sites for hydroxylation is 1. The monoisotopic (exact) mass is 460 g/mol. The van der Waals surface area contributed by atoms with E-state index in [2.05, 4.69) is 20.7 Å². The largest absolute Gasteiger partial charge is 0.365 e. The number of anilines is 4. The van der Waals surface area contributed by atoms with E-state index in [9.17, 15) is 13.6 Å². The highest BCUT2D eigenvalue weighted by atomic mass is 19.1. The normalized spacial score (nSPS) is 13.1. The van der Waals surface area contributed by atoms with Crippen molar-refractivity contribution in [3.63, 3.8) is 0 Å². The van der Waals surface area contributed by atoms with Gasteiger partial charge in [-0.25, -0.2) is 13.8 Å². The predicted molar refractivity (Wildman–Crippen MR) is 127 cm³/mol. The molecule has 11 heteroatoms. The van der Waals surface area contributed by atoms with Crippen LogP contribution in [0.3, 0.4) is 0 Å². The van der Waals surface area contributed by atoms with E-state index in [4.69, 9.17) is 11.5 Å². The van der Waals surface area contributed by atoms with Crippen LogP contribution in [0.5, 0.6) is 0 Å². The van der Waals surface area contributed by atoms with E-state index in [1.54, 1.807) is 32.1 Å². The Balaban J connectivity index is 2.07. The Hall–Kier alpha value is -3.47. The van der Waals surface area contributed by atoms with Gasteiger partial charge in [-0.1, -0.05) is 13.8 Å². The average Bonchev–Trinajstić information content (AvgIpc) is 3.10. The summed E-state index contributed by atoms with van der Waals surface area (Å²) in [6.07, 6.45) is 1.34. The van der Waals surface area contributed by atoms with E-state index >= 15 is 0 Å². The average molecular weight is 461 g/mol. The second kappa shape index (κ2) is 9.57. The van der Waals surface area contributed by atoms with Crippen LogP contribution in [0.25, 0.3) is 10.9 Å². The minimum Gasteiger partial charge on any atom is -0.365 e. The third-order valence-corrected chi connectivity index (χ3v) is 5.55. The molecule has 0 aliphatic rings. The number of fused-ring (bicyclic) bond motifs is 1. The Morgan fingerprint density at radius 3 is 2.42 bits per heavy atom. The molecular weight excluding hydrogens is 430 g/mol. The number of pyridine rings is 1. The summed E-state index contributed by atoms with van der Waals surface area (Å²) in [4.78, 5) is 18.0. The lowest BCUT2D eigenvalue weighted by Crippen LogP contribution is -2.39. The maximum absolute atomic E-state index is 14.9. The van der Waals surface area contributed by atoms with Gasteiger partial charge in [0, 0.05) is 44.3 Å². The number of hydrogen-bond acceptors (Lipinski definition) is 7. The Kier molecular flexibility index (Phi) is 7.01. The molecule has 2 aromatic heterocycles. The van der Waals surface area contributed by atoms with Crippen molar-refractivity contribution in [2.24, 2.45) is 18.5 Å². The van der Waals surface area contributed by atoms with E-state index in [0.29, 0.717) is 35.2 Å². The predicted octanol–water partition coefficient (Wildman–Crippen LogP) is 3.08. The summed E-state index contributed by atoms with van der Waals surface area (Å²) in [7, 11) is 5.26. The number of primary amides is 1. The fourth-order valence-electron chi connectivity index (χ4n) is 3.73. The van der Waals surface area contributed by atoms with Crippen LogP contribution >= 0.6 is 0 Å². The Morgan fingerprint density at radius 2 is 1.85 bits per heavy atom. The first kappa shape index (κ1) is 24.2. The van der Waals surface area contributed by atoms with Crippen molar-refractivity contribution in [2.45, 2.75) is 38.8 Å². The number of carbonyl (C=O) groups is 1. The van der Waals surface area contributed by atoms with E-state index in [0.717, 1.165) is 6.07 Å². The van der Waals surface area contributed by atoms with Gasteiger partial charge in [0.2, 0.25) is 0 Å². The van der Waals surface area contributed by atoms with Crippen molar-refractivity contribution in [3.8, 4) is 0 Å². The molecule has 3 rings (SSSR count). The van der Waals surface area contributed by atoms with Gasteiger partial charge in [0.1, 0.15) is 11.3 Å². The third kappa shape index (κ3) is 4.82. The highest BCUT2D eigenvalue weighted by Gasteiger charge is 2.22. The number of nitrogens with one attached hydrogen (secondary N) is 2. The van der Waals surface area contributed by atoms with Gasteiger partial charge in [-0.05, 0) is 31.0 Å². The van der Waals surface area contributed by atoms with E-state index in [1.165, 1.54) is 10.7 Å². The smallest absolute Gasteiger partial charge is 0.252 e. The molecule has 2 heterocycles. The molecular formula is C22H30F2N8O. The topological polar surface area (TPSA) is 127 Å². The molecule has 0 aliphatic carbocycles. The highest BCUT2D eigenvalue weighted by molar-refractivity contribution is 5.99. The van der Waals surface area contributed by atoms with Crippen LogP contribution in [-0.4, -0.2) is 46.9 Å². The molecule has 0 bridgehead atoms. The molecule has 0 unspecified atom stereocenters. The van der Waals surface area contributed by atoms with Crippen molar-refractivity contribution in [1.82, 2.24) is 14.8 Å². The molecule has 0 radical (unpaired) electrons. The molecule has 0 aliphatic heterocycles. The van der Waals surface area contributed by atoms with Gasteiger partial charge in [-0.2, -0.15) is 5.10 Å². The maximum Gasteiger partial charge on any atom is 0.252 e. The van der Waals surface area contributed by atoms with Crippen molar-refractivity contribution < 1.29 is 13.6 Å². The summed E-state index contributed by atoms with van der Waals surface area (Å²) < 4.78 is 31.1. The highest BCUT2D eigenvalue weighted by Crippen LogP contribution is 2.32. The van der Waals surface area contributed by atoms with Gasteiger partial charge in [0.15, 0.2) is 23.3 Å². The first-order chi connectivity index (χ1) is 15.6. The number of benzene rings is 1. The first-order valence-electron chi connectivity index (χ1n) is 10.7. The van der Waals surface area contributed by atoms with Crippen LogP contribution in [0.2, 0.25) is 0 Å². The zero-order valence-electron chi connectivity index (χ0n) is 19.4. The number of hydrogen-bond donors (Lipinski definition) is 4. The molecule has 9 nitrogen and oxygen atoms in total. The molecule has 0 fully saturated rings. The van der Waals surface area contributed by atoms with Crippen molar-refractivity contribution in [2.75, 3.05) is 29.6 Å². The summed E-state index contributed by atoms with van der Waals surface area (Å²) in [5, 5.41) is 10.8. The minimum absolute atomic E-state index is 0.000339.